The monoisotopic (exact) mass is 233 g/mol. The Bertz CT molecular complexity index is 587. The first kappa shape index (κ1) is 11.6. The van der Waals surface area contributed by atoms with E-state index in [0.29, 0.717) is 17.6 Å². The van der Waals surface area contributed by atoms with E-state index >= 15 is 0 Å². The molecule has 0 unspecified atom stereocenters. The normalized spacial score (nSPS) is 11.0. The average Bonchev–Trinajstić information content (AvgIpc) is 2.68. The van der Waals surface area contributed by atoms with Crippen LogP contribution < -0.4 is 0 Å². The smallest absolute Gasteiger partial charge is 0.338 e. The molecule has 2 aromatic rings. The zero-order valence-corrected chi connectivity index (χ0v) is 10.2. The lowest BCUT2D eigenvalue weighted by Crippen LogP contribution is -2.01. The fourth-order valence-corrected chi connectivity index (χ4v) is 1.98. The molecule has 0 aliphatic rings. The van der Waals surface area contributed by atoms with Gasteiger partial charge in [0.05, 0.1) is 16.6 Å². The van der Waals surface area contributed by atoms with Gasteiger partial charge >= 0.3 is 5.97 Å². The third-order valence-electron chi connectivity index (χ3n) is 2.83. The predicted molar refractivity (Wildman–Crippen MR) is 64.3 cm³/mol. The van der Waals surface area contributed by atoms with Crippen LogP contribution in [-0.2, 0) is 13.0 Å². The average molecular weight is 233 g/mol. The van der Waals surface area contributed by atoms with Crippen molar-refractivity contribution in [3.8, 4) is 0 Å². The van der Waals surface area contributed by atoms with E-state index in [0.717, 1.165) is 17.9 Å². The first-order valence-electron chi connectivity index (χ1n) is 5.68. The van der Waals surface area contributed by atoms with Gasteiger partial charge in [0, 0.05) is 19.2 Å². The summed E-state index contributed by atoms with van der Waals surface area (Å²) in [5, 5.41) is 9.82. The van der Waals surface area contributed by atoms with Gasteiger partial charge in [0.2, 0.25) is 0 Å². The molecular weight excluding hydrogens is 218 g/mol. The number of carbonyl (C=O) groups is 1. The van der Waals surface area contributed by atoms with Gasteiger partial charge in [-0.2, -0.15) is 0 Å². The highest BCUT2D eigenvalue weighted by atomic mass is 16.4. The minimum atomic E-state index is -0.932. The molecule has 0 bridgehead atoms. The van der Waals surface area contributed by atoms with E-state index in [1.165, 1.54) is 0 Å². The van der Waals surface area contributed by atoms with Crippen LogP contribution in [-0.4, -0.2) is 25.6 Å². The first-order valence-corrected chi connectivity index (χ1v) is 5.68. The SMILES string of the molecule is CCc1nc(C)c2c(C(=O)O)cn(CC)c2n1. The molecule has 0 amide bonds. The molecule has 0 aliphatic carbocycles. The molecule has 2 aromatic heterocycles. The van der Waals surface area contributed by atoms with Crippen LogP contribution in [0.1, 0.15) is 35.7 Å². The number of rotatable bonds is 3. The number of carboxylic acids is 1. The lowest BCUT2D eigenvalue weighted by Gasteiger charge is -2.03. The summed E-state index contributed by atoms with van der Waals surface area (Å²) < 4.78 is 1.85. The van der Waals surface area contributed by atoms with Crippen LogP contribution in [0.25, 0.3) is 11.0 Å². The van der Waals surface area contributed by atoms with Gasteiger partial charge in [-0.05, 0) is 13.8 Å². The second-order valence-corrected chi connectivity index (χ2v) is 3.91. The molecule has 0 radical (unpaired) electrons. The van der Waals surface area contributed by atoms with E-state index in [-0.39, 0.29) is 5.56 Å². The summed E-state index contributed by atoms with van der Waals surface area (Å²) >= 11 is 0. The number of fused-ring (bicyclic) bond motifs is 1. The Hall–Kier alpha value is -1.91. The molecule has 1 N–H and O–H groups in total. The van der Waals surface area contributed by atoms with Crippen molar-refractivity contribution in [2.45, 2.75) is 33.7 Å². The molecule has 2 rings (SSSR count). The summed E-state index contributed by atoms with van der Waals surface area (Å²) in [5.74, 6) is -0.183. The molecule has 0 aromatic carbocycles. The highest BCUT2D eigenvalue weighted by molar-refractivity contribution is 6.03. The molecule has 17 heavy (non-hydrogen) atoms. The Labute approximate surface area is 99.1 Å². The van der Waals surface area contributed by atoms with Crippen molar-refractivity contribution in [3.05, 3.63) is 23.3 Å². The summed E-state index contributed by atoms with van der Waals surface area (Å²) in [6, 6.07) is 0. The highest BCUT2D eigenvalue weighted by Crippen LogP contribution is 2.22. The van der Waals surface area contributed by atoms with Crippen LogP contribution in [0.5, 0.6) is 0 Å². The Kier molecular flexibility index (Phi) is 2.83. The van der Waals surface area contributed by atoms with Gasteiger partial charge in [-0.25, -0.2) is 14.8 Å². The van der Waals surface area contributed by atoms with E-state index in [4.69, 9.17) is 0 Å². The fourth-order valence-electron chi connectivity index (χ4n) is 1.98. The Morgan fingerprint density at radius 2 is 2.12 bits per heavy atom. The van der Waals surface area contributed by atoms with Crippen molar-refractivity contribution in [1.82, 2.24) is 14.5 Å². The molecule has 0 atom stereocenters. The van der Waals surface area contributed by atoms with Gasteiger partial charge in [0.1, 0.15) is 11.5 Å². The number of aryl methyl sites for hydroxylation is 3. The van der Waals surface area contributed by atoms with Crippen molar-refractivity contribution >= 4 is 17.0 Å². The van der Waals surface area contributed by atoms with Gasteiger partial charge in [-0.15, -0.1) is 0 Å². The number of carboxylic acid groups (broad SMARTS) is 1. The Balaban J connectivity index is 2.85. The molecule has 90 valence electrons. The topological polar surface area (TPSA) is 68.0 Å². The van der Waals surface area contributed by atoms with Gasteiger partial charge in [-0.3, -0.25) is 0 Å². The number of aromatic nitrogens is 3. The molecule has 5 nitrogen and oxygen atoms in total. The molecule has 2 heterocycles. The predicted octanol–water partition coefficient (Wildman–Crippen LogP) is 2.02. The molecule has 0 spiro atoms. The standard InChI is InChI=1S/C12H15N3O2/c1-4-9-13-7(3)10-8(12(16)17)6-15(5-2)11(10)14-9/h6H,4-5H2,1-3H3,(H,16,17). The zero-order chi connectivity index (χ0) is 12.6. The minimum Gasteiger partial charge on any atom is -0.478 e. The molecule has 0 aliphatic heterocycles. The van der Waals surface area contributed by atoms with Crippen molar-refractivity contribution < 1.29 is 9.90 Å². The largest absolute Gasteiger partial charge is 0.478 e. The second-order valence-electron chi connectivity index (χ2n) is 3.91. The summed E-state index contributed by atoms with van der Waals surface area (Å²) in [6.07, 6.45) is 2.38. The highest BCUT2D eigenvalue weighted by Gasteiger charge is 2.18. The molecule has 0 saturated carbocycles. The first-order chi connectivity index (χ1) is 8.08. The second kappa shape index (κ2) is 4.16. The third kappa shape index (κ3) is 1.77. The third-order valence-corrected chi connectivity index (χ3v) is 2.83. The van der Waals surface area contributed by atoms with Gasteiger partial charge < -0.3 is 9.67 Å². The fraction of sp³-hybridized carbons (Fsp3) is 0.417. The molecule has 0 saturated heterocycles. The summed E-state index contributed by atoms with van der Waals surface area (Å²) in [6.45, 7) is 6.48. The van der Waals surface area contributed by atoms with Gasteiger partial charge in [0.25, 0.3) is 0 Å². The summed E-state index contributed by atoms with van der Waals surface area (Å²) in [7, 11) is 0. The number of hydrogen-bond donors (Lipinski definition) is 1. The Morgan fingerprint density at radius 3 is 2.65 bits per heavy atom. The quantitative estimate of drug-likeness (QED) is 0.880. The number of nitrogens with zero attached hydrogens (tertiary/aromatic N) is 3. The zero-order valence-electron chi connectivity index (χ0n) is 10.2. The molecule has 5 heteroatoms. The minimum absolute atomic E-state index is 0.280. The van der Waals surface area contributed by atoms with Crippen LogP contribution in [0.15, 0.2) is 6.20 Å². The van der Waals surface area contributed by atoms with Crippen LogP contribution >= 0.6 is 0 Å². The maximum atomic E-state index is 11.2. The lowest BCUT2D eigenvalue weighted by molar-refractivity contribution is 0.0698. The van der Waals surface area contributed by atoms with Crippen LogP contribution in [0.4, 0.5) is 0 Å². The Morgan fingerprint density at radius 1 is 1.41 bits per heavy atom. The van der Waals surface area contributed by atoms with E-state index in [9.17, 15) is 9.90 Å². The maximum Gasteiger partial charge on any atom is 0.338 e. The van der Waals surface area contributed by atoms with Crippen LogP contribution in [0, 0.1) is 6.92 Å². The van der Waals surface area contributed by atoms with Crippen LogP contribution in [0.2, 0.25) is 0 Å². The lowest BCUT2D eigenvalue weighted by atomic mass is 10.2. The van der Waals surface area contributed by atoms with Crippen molar-refractivity contribution in [1.29, 1.82) is 0 Å². The van der Waals surface area contributed by atoms with E-state index in [1.54, 1.807) is 6.20 Å². The van der Waals surface area contributed by atoms with Gasteiger partial charge in [-0.1, -0.05) is 6.92 Å². The van der Waals surface area contributed by atoms with Crippen molar-refractivity contribution in [2.24, 2.45) is 0 Å². The number of aromatic carboxylic acids is 1. The molecule has 0 fully saturated rings. The van der Waals surface area contributed by atoms with E-state index in [2.05, 4.69) is 9.97 Å². The van der Waals surface area contributed by atoms with E-state index < -0.39 is 5.97 Å². The van der Waals surface area contributed by atoms with E-state index in [1.807, 2.05) is 25.3 Å². The summed E-state index contributed by atoms with van der Waals surface area (Å²) in [4.78, 5) is 19.9. The number of hydrogen-bond acceptors (Lipinski definition) is 3. The van der Waals surface area contributed by atoms with Gasteiger partial charge in [0.15, 0.2) is 0 Å². The van der Waals surface area contributed by atoms with Crippen molar-refractivity contribution in [3.63, 3.8) is 0 Å². The molecular formula is C12H15N3O2. The van der Waals surface area contributed by atoms with Crippen molar-refractivity contribution in [2.75, 3.05) is 0 Å². The maximum absolute atomic E-state index is 11.2. The van der Waals surface area contributed by atoms with Crippen LogP contribution in [0.3, 0.4) is 0 Å². The summed E-state index contributed by atoms with van der Waals surface area (Å²) in [5.41, 5.74) is 1.73.